The Morgan fingerprint density at radius 1 is 0.660 bits per heavy atom. The van der Waals surface area contributed by atoms with Crippen molar-refractivity contribution in [3.63, 3.8) is 0 Å². The fourth-order valence-corrected chi connectivity index (χ4v) is 5.38. The minimum atomic E-state index is -0.111. The molecule has 0 saturated heterocycles. The molecule has 47 heavy (non-hydrogen) atoms. The van der Waals surface area contributed by atoms with Gasteiger partial charge in [-0.25, -0.2) is 0 Å². The molecule has 0 saturated carbocycles. The largest absolute Gasteiger partial charge is 0.322 e. The quantitative estimate of drug-likeness (QED) is 0.234. The van der Waals surface area contributed by atoms with Crippen molar-refractivity contribution in [3.05, 3.63) is 178 Å². The topological polar surface area (TPSA) is 29.1 Å². The molecule has 0 aliphatic heterocycles. The lowest BCUT2D eigenvalue weighted by Gasteiger charge is -2.32. The highest BCUT2D eigenvalue weighted by molar-refractivity contribution is 6.04. The third kappa shape index (κ3) is 13.3. The zero-order valence-corrected chi connectivity index (χ0v) is 29.7. The van der Waals surface area contributed by atoms with Crippen LogP contribution in [0.2, 0.25) is 0 Å². The van der Waals surface area contributed by atoms with E-state index in [1.807, 2.05) is 55.5 Å². The van der Waals surface area contributed by atoms with Gasteiger partial charge in [0, 0.05) is 11.3 Å². The molecule has 0 atom stereocenters. The molecular weight excluding hydrogens is 571 g/mol. The molecule has 2 aromatic rings. The summed E-state index contributed by atoms with van der Waals surface area (Å²) in [6, 6.07) is 15.4. The van der Waals surface area contributed by atoms with Crippen LogP contribution in [0.25, 0.3) is 6.08 Å². The smallest absolute Gasteiger partial charge is 0.255 e. The van der Waals surface area contributed by atoms with Crippen LogP contribution in [0.5, 0.6) is 0 Å². The summed E-state index contributed by atoms with van der Waals surface area (Å²) in [5.41, 5.74) is 11.7. The average molecular weight is 624 g/mol. The van der Waals surface area contributed by atoms with Gasteiger partial charge < -0.3 is 5.32 Å². The second-order valence-corrected chi connectivity index (χ2v) is 13.3. The summed E-state index contributed by atoms with van der Waals surface area (Å²) < 4.78 is 0. The van der Waals surface area contributed by atoms with E-state index in [1.54, 1.807) is 0 Å². The molecule has 0 aromatic heterocycles. The van der Waals surface area contributed by atoms with Gasteiger partial charge in [-0.1, -0.05) is 157 Å². The van der Waals surface area contributed by atoms with Crippen molar-refractivity contribution >= 4 is 17.7 Å². The summed E-state index contributed by atoms with van der Waals surface area (Å²) >= 11 is 0. The van der Waals surface area contributed by atoms with Crippen LogP contribution in [0, 0.1) is 12.3 Å². The Morgan fingerprint density at radius 2 is 1.17 bits per heavy atom. The molecule has 244 valence electrons. The Bertz CT molecular complexity index is 1670. The normalized spacial score (nSPS) is 16.9. The molecule has 2 nitrogen and oxygen atoms in total. The van der Waals surface area contributed by atoms with Gasteiger partial charge in [0.1, 0.15) is 0 Å². The van der Waals surface area contributed by atoms with Gasteiger partial charge in [0.05, 0.1) is 0 Å². The number of benzene rings is 2. The Morgan fingerprint density at radius 3 is 1.72 bits per heavy atom. The van der Waals surface area contributed by atoms with E-state index in [-0.39, 0.29) is 11.3 Å². The van der Waals surface area contributed by atoms with Crippen molar-refractivity contribution in [2.75, 3.05) is 5.32 Å². The molecule has 0 fully saturated rings. The van der Waals surface area contributed by atoms with Crippen LogP contribution < -0.4 is 5.32 Å². The van der Waals surface area contributed by atoms with Gasteiger partial charge in [0.15, 0.2) is 0 Å². The predicted octanol–water partition coefficient (Wildman–Crippen LogP) is 12.8. The maximum absolute atomic E-state index is 12.5. The second-order valence-electron chi connectivity index (χ2n) is 13.3. The van der Waals surface area contributed by atoms with Crippen LogP contribution >= 0.6 is 0 Å². The second kappa shape index (κ2) is 18.5. The molecule has 0 heterocycles. The van der Waals surface area contributed by atoms with Crippen molar-refractivity contribution in [2.45, 2.75) is 74.7 Å². The standard InChI is InChI=1S/C45H53NO/c1-34(14-9-10-15-35(2)17-12-19-37(4)24-32-43-39(6)20-13-33-45(43,7)8)16-11-18-36(3)21-25-40-26-28-41(29-27-40)44(47)46-42-30-22-38(5)23-31-42/h9-12,14-19,21-32H,13,20,33H2,1-8H3,(H,46,47)/b10-9+,16-11+,17-12+,25-21+,32-24+,34-14+,35-15+,36-18+,37-19+. The van der Waals surface area contributed by atoms with Crippen molar-refractivity contribution in [3.8, 4) is 0 Å². The molecule has 2 aromatic carbocycles. The molecule has 0 bridgehead atoms. The Balaban J connectivity index is 1.45. The minimum Gasteiger partial charge on any atom is -0.322 e. The number of rotatable bonds is 12. The first-order valence-electron chi connectivity index (χ1n) is 16.7. The summed E-state index contributed by atoms with van der Waals surface area (Å²) in [5.74, 6) is -0.111. The SMILES string of the molecule is CC1=C(/C=C/C(C)=C/C=C/C(C)=C/C=C/C=C(C)/C=C/C=C(C)/C=C/c2ccc(C(=O)Nc3ccc(C)cc3)cc2)C(C)(C)CCC1. The van der Waals surface area contributed by atoms with Crippen molar-refractivity contribution in [1.82, 2.24) is 0 Å². The maximum Gasteiger partial charge on any atom is 0.255 e. The molecule has 0 unspecified atom stereocenters. The average Bonchev–Trinajstić information content (AvgIpc) is 3.03. The number of anilines is 1. The van der Waals surface area contributed by atoms with E-state index in [0.29, 0.717) is 5.56 Å². The summed E-state index contributed by atoms with van der Waals surface area (Å²) in [5, 5.41) is 2.94. The molecule has 1 amide bonds. The van der Waals surface area contributed by atoms with E-state index < -0.39 is 0 Å². The van der Waals surface area contributed by atoms with Gasteiger partial charge in [-0.15, -0.1) is 0 Å². The van der Waals surface area contributed by atoms with Gasteiger partial charge in [-0.05, 0) is 102 Å². The van der Waals surface area contributed by atoms with Crippen molar-refractivity contribution in [1.29, 1.82) is 0 Å². The molecule has 2 heteroatoms. The first-order chi connectivity index (χ1) is 22.4. The molecule has 0 spiro atoms. The third-order valence-corrected chi connectivity index (χ3v) is 8.34. The fraction of sp³-hybridized carbons (Fsp3) is 0.267. The number of carbonyl (C=O) groups excluding carboxylic acids is 1. The van der Waals surface area contributed by atoms with Crippen molar-refractivity contribution < 1.29 is 4.79 Å². The number of carbonyl (C=O) groups is 1. The third-order valence-electron chi connectivity index (χ3n) is 8.34. The predicted molar refractivity (Wildman–Crippen MR) is 207 cm³/mol. The molecule has 1 N–H and O–H groups in total. The van der Waals surface area contributed by atoms with Crippen LogP contribution in [-0.4, -0.2) is 5.91 Å². The van der Waals surface area contributed by atoms with E-state index in [2.05, 4.69) is 139 Å². The summed E-state index contributed by atoms with van der Waals surface area (Å²) in [7, 11) is 0. The van der Waals surface area contributed by atoms with Gasteiger partial charge in [0.2, 0.25) is 0 Å². The first kappa shape index (κ1) is 36.8. The number of nitrogens with one attached hydrogen (secondary N) is 1. The molecular formula is C45H53NO. The number of allylic oxidation sites excluding steroid dienone is 19. The maximum atomic E-state index is 12.5. The number of aryl methyl sites for hydroxylation is 1. The van der Waals surface area contributed by atoms with Gasteiger partial charge in [0.25, 0.3) is 5.91 Å². The fourth-order valence-electron chi connectivity index (χ4n) is 5.38. The first-order valence-corrected chi connectivity index (χ1v) is 16.7. The lowest BCUT2D eigenvalue weighted by Crippen LogP contribution is -2.19. The Hall–Kier alpha value is -4.69. The summed E-state index contributed by atoms with van der Waals surface area (Å²) in [6.07, 6.45) is 33.6. The van der Waals surface area contributed by atoms with Gasteiger partial charge in [-0.2, -0.15) is 0 Å². The lowest BCUT2D eigenvalue weighted by atomic mass is 9.72. The zero-order chi connectivity index (χ0) is 34.2. The van der Waals surface area contributed by atoms with Crippen LogP contribution in [0.15, 0.2) is 161 Å². The Kier molecular flexibility index (Phi) is 14.4. The monoisotopic (exact) mass is 623 g/mol. The van der Waals surface area contributed by atoms with Crippen LogP contribution in [0.4, 0.5) is 5.69 Å². The molecule has 0 radical (unpaired) electrons. The molecule has 3 rings (SSSR count). The highest BCUT2D eigenvalue weighted by atomic mass is 16.1. The van der Waals surface area contributed by atoms with E-state index in [4.69, 9.17) is 0 Å². The van der Waals surface area contributed by atoms with Crippen LogP contribution in [-0.2, 0) is 0 Å². The zero-order valence-electron chi connectivity index (χ0n) is 29.7. The highest BCUT2D eigenvalue weighted by Gasteiger charge is 2.26. The van der Waals surface area contributed by atoms with Gasteiger partial charge in [-0.3, -0.25) is 4.79 Å². The molecule has 1 aliphatic rings. The minimum absolute atomic E-state index is 0.111. The van der Waals surface area contributed by atoms with Crippen LogP contribution in [0.3, 0.4) is 0 Å². The van der Waals surface area contributed by atoms with E-state index in [1.165, 1.54) is 47.1 Å². The van der Waals surface area contributed by atoms with Crippen molar-refractivity contribution in [2.24, 2.45) is 5.41 Å². The lowest BCUT2D eigenvalue weighted by molar-refractivity contribution is 0.102. The van der Waals surface area contributed by atoms with Gasteiger partial charge >= 0.3 is 0 Å². The highest BCUT2D eigenvalue weighted by Crippen LogP contribution is 2.40. The number of hydrogen-bond acceptors (Lipinski definition) is 1. The summed E-state index contributed by atoms with van der Waals surface area (Å²) in [4.78, 5) is 12.5. The Labute approximate surface area is 284 Å². The molecule has 1 aliphatic carbocycles. The van der Waals surface area contributed by atoms with Crippen LogP contribution in [0.1, 0.15) is 89.2 Å². The number of hydrogen-bond donors (Lipinski definition) is 1. The van der Waals surface area contributed by atoms with E-state index in [0.717, 1.165) is 22.4 Å². The summed E-state index contributed by atoms with van der Waals surface area (Å²) in [6.45, 7) is 17.5. The van der Waals surface area contributed by atoms with E-state index in [9.17, 15) is 4.79 Å². The number of amides is 1. The van der Waals surface area contributed by atoms with E-state index >= 15 is 0 Å².